The number of rotatable bonds is 5. The Morgan fingerprint density at radius 1 is 1.16 bits per heavy atom. The molecule has 5 nitrogen and oxygen atoms in total. The number of hydrogen-bond acceptors (Lipinski definition) is 5. The smallest absolute Gasteiger partial charge is 0.221 e. The number of hydrazone groups is 1. The standard InChI is InChI=1S/C18H15BrN4OS/c1-12(24)21-16-8-4-14(5-9-16)17-11-25-18(22-17)23-20-10-13-2-6-15(19)7-3-13/h2-11H,1H3,(H,21,24)(H,22,23)/b20-10-. The molecule has 25 heavy (non-hydrogen) atoms. The minimum absolute atomic E-state index is 0.0865. The number of thiazole rings is 1. The highest BCUT2D eigenvalue weighted by Gasteiger charge is 2.04. The highest BCUT2D eigenvalue weighted by atomic mass is 79.9. The Kier molecular flexibility index (Phi) is 5.57. The molecule has 0 spiro atoms. The van der Waals surface area contributed by atoms with E-state index in [1.165, 1.54) is 18.3 Å². The summed E-state index contributed by atoms with van der Waals surface area (Å²) < 4.78 is 1.03. The molecule has 0 bridgehead atoms. The molecule has 3 aromatic rings. The zero-order valence-corrected chi connectivity index (χ0v) is 15.8. The maximum absolute atomic E-state index is 11.0. The van der Waals surface area contributed by atoms with Crippen molar-refractivity contribution in [3.05, 3.63) is 63.9 Å². The number of benzene rings is 2. The Hall–Kier alpha value is -2.51. The molecular weight excluding hydrogens is 400 g/mol. The van der Waals surface area contributed by atoms with Crippen LogP contribution in [0.1, 0.15) is 12.5 Å². The maximum Gasteiger partial charge on any atom is 0.221 e. The van der Waals surface area contributed by atoms with E-state index >= 15 is 0 Å². The molecule has 0 saturated heterocycles. The van der Waals surface area contributed by atoms with E-state index in [0.29, 0.717) is 5.13 Å². The van der Waals surface area contributed by atoms with Crippen molar-refractivity contribution >= 4 is 50.2 Å². The first-order valence-corrected chi connectivity index (χ1v) is 9.15. The molecule has 7 heteroatoms. The van der Waals surface area contributed by atoms with E-state index in [0.717, 1.165) is 27.0 Å². The predicted octanol–water partition coefficient (Wildman–Crippen LogP) is 4.98. The summed E-state index contributed by atoms with van der Waals surface area (Å²) in [6.45, 7) is 1.49. The normalized spacial score (nSPS) is 10.8. The summed E-state index contributed by atoms with van der Waals surface area (Å²) in [6.07, 6.45) is 1.75. The molecule has 1 aromatic heterocycles. The number of nitrogens with one attached hydrogen (secondary N) is 2. The fourth-order valence-electron chi connectivity index (χ4n) is 2.10. The number of carbonyl (C=O) groups excluding carboxylic acids is 1. The number of carbonyl (C=O) groups is 1. The van der Waals surface area contributed by atoms with Gasteiger partial charge in [0.2, 0.25) is 11.0 Å². The predicted molar refractivity (Wildman–Crippen MR) is 107 cm³/mol. The Balaban J connectivity index is 1.63. The van der Waals surface area contributed by atoms with Gasteiger partial charge in [0.15, 0.2) is 0 Å². The SMILES string of the molecule is CC(=O)Nc1ccc(-c2csc(N/N=C\c3ccc(Br)cc3)n2)cc1. The summed E-state index contributed by atoms with van der Waals surface area (Å²) in [6, 6.07) is 15.4. The first-order valence-electron chi connectivity index (χ1n) is 7.48. The van der Waals surface area contributed by atoms with Crippen LogP contribution in [0.25, 0.3) is 11.3 Å². The van der Waals surface area contributed by atoms with Gasteiger partial charge in [-0.1, -0.05) is 40.2 Å². The van der Waals surface area contributed by atoms with Crippen LogP contribution in [0.2, 0.25) is 0 Å². The lowest BCUT2D eigenvalue weighted by atomic mass is 10.1. The first-order chi connectivity index (χ1) is 12.1. The van der Waals surface area contributed by atoms with Gasteiger partial charge in [-0.3, -0.25) is 10.2 Å². The van der Waals surface area contributed by atoms with Crippen LogP contribution >= 0.6 is 27.3 Å². The van der Waals surface area contributed by atoms with Crippen molar-refractivity contribution in [1.29, 1.82) is 0 Å². The van der Waals surface area contributed by atoms with E-state index in [2.05, 4.69) is 36.8 Å². The molecule has 1 amide bonds. The van der Waals surface area contributed by atoms with Crippen LogP contribution in [-0.4, -0.2) is 17.1 Å². The zero-order chi connectivity index (χ0) is 17.6. The van der Waals surface area contributed by atoms with E-state index in [-0.39, 0.29) is 5.91 Å². The first kappa shape index (κ1) is 17.3. The average molecular weight is 415 g/mol. The van der Waals surface area contributed by atoms with Crippen LogP contribution in [0.3, 0.4) is 0 Å². The minimum atomic E-state index is -0.0865. The topological polar surface area (TPSA) is 66.4 Å². The van der Waals surface area contributed by atoms with Gasteiger partial charge in [-0.25, -0.2) is 4.98 Å². The van der Waals surface area contributed by atoms with Crippen LogP contribution < -0.4 is 10.7 Å². The molecule has 0 aliphatic carbocycles. The fraction of sp³-hybridized carbons (Fsp3) is 0.0556. The molecule has 1 heterocycles. The van der Waals surface area contributed by atoms with E-state index in [1.54, 1.807) is 6.21 Å². The molecule has 0 fully saturated rings. The van der Waals surface area contributed by atoms with Crippen LogP contribution in [-0.2, 0) is 4.79 Å². The Bertz CT molecular complexity index is 888. The molecule has 0 atom stereocenters. The zero-order valence-electron chi connectivity index (χ0n) is 13.4. The highest BCUT2D eigenvalue weighted by molar-refractivity contribution is 9.10. The van der Waals surface area contributed by atoms with E-state index in [4.69, 9.17) is 0 Å². The third kappa shape index (κ3) is 4.98. The molecule has 3 rings (SSSR count). The highest BCUT2D eigenvalue weighted by Crippen LogP contribution is 2.26. The maximum atomic E-state index is 11.0. The lowest BCUT2D eigenvalue weighted by molar-refractivity contribution is -0.114. The molecule has 126 valence electrons. The van der Waals surface area contributed by atoms with Gasteiger partial charge in [-0.2, -0.15) is 5.10 Å². The van der Waals surface area contributed by atoms with Crippen LogP contribution in [0, 0.1) is 0 Å². The van der Waals surface area contributed by atoms with Crippen molar-refractivity contribution in [3.63, 3.8) is 0 Å². The lowest BCUT2D eigenvalue weighted by Crippen LogP contribution is -2.05. The second kappa shape index (κ2) is 8.04. The Labute approximate surface area is 157 Å². The van der Waals surface area contributed by atoms with Crippen LogP contribution in [0.4, 0.5) is 10.8 Å². The van der Waals surface area contributed by atoms with Crippen molar-refractivity contribution in [2.45, 2.75) is 6.92 Å². The number of aromatic nitrogens is 1. The lowest BCUT2D eigenvalue weighted by Gasteiger charge is -2.02. The fourth-order valence-corrected chi connectivity index (χ4v) is 3.03. The summed E-state index contributed by atoms with van der Waals surface area (Å²) in [5.74, 6) is -0.0865. The average Bonchev–Trinajstić information content (AvgIpc) is 3.06. The van der Waals surface area contributed by atoms with E-state index in [9.17, 15) is 4.79 Å². The molecular formula is C18H15BrN4OS. The largest absolute Gasteiger partial charge is 0.326 e. The third-order valence-corrected chi connectivity index (χ3v) is 4.52. The van der Waals surface area contributed by atoms with Gasteiger partial charge in [-0.15, -0.1) is 11.3 Å². The van der Waals surface area contributed by atoms with Crippen molar-refractivity contribution in [3.8, 4) is 11.3 Å². The second-order valence-corrected chi connectivity index (χ2v) is 6.99. The second-order valence-electron chi connectivity index (χ2n) is 5.22. The van der Waals surface area contributed by atoms with Crippen molar-refractivity contribution in [2.75, 3.05) is 10.7 Å². The van der Waals surface area contributed by atoms with Gasteiger partial charge in [0.05, 0.1) is 11.9 Å². The van der Waals surface area contributed by atoms with Crippen molar-refractivity contribution < 1.29 is 4.79 Å². The molecule has 0 aliphatic heterocycles. The number of hydrogen-bond donors (Lipinski definition) is 2. The van der Waals surface area contributed by atoms with Crippen molar-refractivity contribution in [2.24, 2.45) is 5.10 Å². The van der Waals surface area contributed by atoms with Crippen molar-refractivity contribution in [1.82, 2.24) is 4.98 Å². The third-order valence-electron chi connectivity index (χ3n) is 3.25. The molecule has 0 saturated carbocycles. The van der Waals surface area contributed by atoms with Gasteiger partial charge in [-0.05, 0) is 29.8 Å². The molecule has 2 N–H and O–H groups in total. The van der Waals surface area contributed by atoms with Crippen LogP contribution in [0.5, 0.6) is 0 Å². The number of nitrogens with zero attached hydrogens (tertiary/aromatic N) is 2. The van der Waals surface area contributed by atoms with Gasteiger partial charge in [0.1, 0.15) is 0 Å². The Morgan fingerprint density at radius 3 is 2.56 bits per heavy atom. The summed E-state index contributed by atoms with van der Waals surface area (Å²) in [5, 5.41) is 9.63. The molecule has 0 radical (unpaired) electrons. The van der Waals surface area contributed by atoms with Gasteiger partial charge in [0.25, 0.3) is 0 Å². The van der Waals surface area contributed by atoms with Gasteiger partial charge < -0.3 is 5.32 Å². The quantitative estimate of drug-likeness (QED) is 0.457. The van der Waals surface area contributed by atoms with Crippen LogP contribution in [0.15, 0.2) is 63.5 Å². The van der Waals surface area contributed by atoms with Gasteiger partial charge in [0, 0.05) is 28.0 Å². The Morgan fingerprint density at radius 2 is 1.88 bits per heavy atom. The van der Waals surface area contributed by atoms with Gasteiger partial charge >= 0.3 is 0 Å². The summed E-state index contributed by atoms with van der Waals surface area (Å²) in [4.78, 5) is 15.6. The molecule has 2 aromatic carbocycles. The summed E-state index contributed by atoms with van der Waals surface area (Å²) in [7, 11) is 0. The number of anilines is 2. The minimum Gasteiger partial charge on any atom is -0.326 e. The summed E-state index contributed by atoms with van der Waals surface area (Å²) in [5.41, 5.74) is 6.56. The molecule has 0 unspecified atom stereocenters. The number of halogens is 1. The van der Waals surface area contributed by atoms with E-state index in [1.807, 2.05) is 53.9 Å². The summed E-state index contributed by atoms with van der Waals surface area (Å²) >= 11 is 4.89. The monoisotopic (exact) mass is 414 g/mol. The van der Waals surface area contributed by atoms with E-state index < -0.39 is 0 Å². The molecule has 0 aliphatic rings. The number of amides is 1.